The zero-order valence-corrected chi connectivity index (χ0v) is 12.9. The van der Waals surface area contributed by atoms with Gasteiger partial charge in [-0.05, 0) is 26.7 Å². The quantitative estimate of drug-likeness (QED) is 0.823. The molecule has 0 radical (unpaired) electrons. The molecule has 2 fully saturated rings. The summed E-state index contributed by atoms with van der Waals surface area (Å²) in [5.41, 5.74) is 0.149. The molecule has 2 heterocycles. The normalized spacial score (nSPS) is 32.1. The van der Waals surface area contributed by atoms with E-state index in [0.29, 0.717) is 18.2 Å². The summed E-state index contributed by atoms with van der Waals surface area (Å²) in [5, 5.41) is 3.47. The molecule has 2 aliphatic rings. The van der Waals surface area contributed by atoms with Crippen LogP contribution >= 0.6 is 0 Å². The van der Waals surface area contributed by atoms with Gasteiger partial charge in [-0.1, -0.05) is 13.8 Å². The highest BCUT2D eigenvalue weighted by molar-refractivity contribution is 4.88. The van der Waals surface area contributed by atoms with Crippen molar-refractivity contribution in [2.45, 2.75) is 64.3 Å². The van der Waals surface area contributed by atoms with E-state index in [1.165, 1.54) is 12.8 Å². The molecule has 0 bridgehead atoms. The van der Waals surface area contributed by atoms with Gasteiger partial charge in [0, 0.05) is 31.2 Å². The maximum atomic E-state index is 6.16. The minimum absolute atomic E-state index is 0.149. The third kappa shape index (κ3) is 4.42. The fourth-order valence-electron chi connectivity index (χ4n) is 2.91. The molecular weight excluding hydrogens is 240 g/mol. The summed E-state index contributed by atoms with van der Waals surface area (Å²) >= 11 is 0. The lowest BCUT2D eigenvalue weighted by Gasteiger charge is -2.43. The van der Waals surface area contributed by atoms with E-state index in [0.717, 1.165) is 32.8 Å². The van der Waals surface area contributed by atoms with E-state index in [9.17, 15) is 0 Å². The molecule has 2 unspecified atom stereocenters. The van der Waals surface area contributed by atoms with Crippen LogP contribution in [0.4, 0.5) is 0 Å². The Hall–Kier alpha value is -0.160. The zero-order chi connectivity index (χ0) is 13.9. The fraction of sp³-hybridized carbons (Fsp3) is 1.00. The molecule has 0 aromatic rings. The van der Waals surface area contributed by atoms with E-state index >= 15 is 0 Å². The molecule has 2 aliphatic heterocycles. The minimum Gasteiger partial charge on any atom is -0.378 e. The summed E-state index contributed by atoms with van der Waals surface area (Å²) < 4.78 is 11.7. The summed E-state index contributed by atoms with van der Waals surface area (Å²) in [7, 11) is 0. The number of ether oxygens (including phenoxy) is 2. The SMILES string of the molecule is CC(C)NCC1CCC(CN2CCOCC2(C)C)O1. The van der Waals surface area contributed by atoms with Crippen LogP contribution in [0.2, 0.25) is 0 Å². The summed E-state index contributed by atoms with van der Waals surface area (Å²) in [5.74, 6) is 0. The van der Waals surface area contributed by atoms with E-state index in [2.05, 4.69) is 37.9 Å². The second-order valence-corrected chi connectivity index (χ2v) is 6.83. The van der Waals surface area contributed by atoms with Crippen molar-refractivity contribution < 1.29 is 9.47 Å². The maximum absolute atomic E-state index is 6.16. The summed E-state index contributed by atoms with van der Waals surface area (Å²) in [6, 6.07) is 0.542. The van der Waals surface area contributed by atoms with Gasteiger partial charge < -0.3 is 14.8 Å². The third-order valence-electron chi connectivity index (χ3n) is 4.19. The number of rotatable bonds is 5. The first-order chi connectivity index (χ1) is 8.97. The van der Waals surface area contributed by atoms with Crippen LogP contribution in [0.3, 0.4) is 0 Å². The first-order valence-corrected chi connectivity index (χ1v) is 7.69. The number of morpholine rings is 1. The van der Waals surface area contributed by atoms with Crippen LogP contribution in [-0.4, -0.2) is 61.5 Å². The Bertz CT molecular complexity index is 281. The van der Waals surface area contributed by atoms with Crippen LogP contribution < -0.4 is 5.32 Å². The van der Waals surface area contributed by atoms with E-state index in [4.69, 9.17) is 9.47 Å². The minimum atomic E-state index is 0.149. The molecule has 0 spiro atoms. The highest BCUT2D eigenvalue weighted by Gasteiger charge is 2.34. The smallest absolute Gasteiger partial charge is 0.0707 e. The molecule has 0 saturated carbocycles. The Balaban J connectivity index is 1.75. The summed E-state index contributed by atoms with van der Waals surface area (Å²) in [4.78, 5) is 2.53. The Morgan fingerprint density at radius 1 is 1.26 bits per heavy atom. The van der Waals surface area contributed by atoms with Crippen LogP contribution in [-0.2, 0) is 9.47 Å². The van der Waals surface area contributed by atoms with Crippen LogP contribution in [0.25, 0.3) is 0 Å². The van der Waals surface area contributed by atoms with Crippen LogP contribution in [0.1, 0.15) is 40.5 Å². The average Bonchev–Trinajstić information content (AvgIpc) is 2.77. The number of nitrogens with zero attached hydrogens (tertiary/aromatic N) is 1. The van der Waals surface area contributed by atoms with Crippen molar-refractivity contribution in [3.63, 3.8) is 0 Å². The molecule has 2 saturated heterocycles. The predicted molar refractivity (Wildman–Crippen MR) is 77.5 cm³/mol. The largest absolute Gasteiger partial charge is 0.378 e. The van der Waals surface area contributed by atoms with Gasteiger partial charge in [0.2, 0.25) is 0 Å². The van der Waals surface area contributed by atoms with E-state index in [-0.39, 0.29) is 5.54 Å². The second-order valence-electron chi connectivity index (χ2n) is 6.83. The molecule has 0 aromatic heterocycles. The Morgan fingerprint density at radius 2 is 2.00 bits per heavy atom. The van der Waals surface area contributed by atoms with Gasteiger partial charge in [-0.25, -0.2) is 0 Å². The molecule has 19 heavy (non-hydrogen) atoms. The average molecular weight is 270 g/mol. The molecule has 1 N–H and O–H groups in total. The lowest BCUT2D eigenvalue weighted by Crippen LogP contribution is -2.55. The highest BCUT2D eigenvalue weighted by atomic mass is 16.5. The molecule has 4 nitrogen and oxygen atoms in total. The third-order valence-corrected chi connectivity index (χ3v) is 4.19. The van der Waals surface area contributed by atoms with E-state index < -0.39 is 0 Å². The van der Waals surface area contributed by atoms with Crippen molar-refractivity contribution in [3.8, 4) is 0 Å². The topological polar surface area (TPSA) is 33.7 Å². The van der Waals surface area contributed by atoms with Crippen LogP contribution in [0, 0.1) is 0 Å². The highest BCUT2D eigenvalue weighted by Crippen LogP contribution is 2.25. The van der Waals surface area contributed by atoms with Gasteiger partial charge in [0.1, 0.15) is 0 Å². The molecule has 0 aliphatic carbocycles. The van der Waals surface area contributed by atoms with Crippen molar-refractivity contribution in [2.75, 3.05) is 32.8 Å². The van der Waals surface area contributed by atoms with Gasteiger partial charge in [-0.2, -0.15) is 0 Å². The summed E-state index contributed by atoms with van der Waals surface area (Å²) in [6.45, 7) is 13.6. The van der Waals surface area contributed by atoms with Gasteiger partial charge in [-0.15, -0.1) is 0 Å². The molecule has 0 amide bonds. The Kier molecular flexibility index (Phi) is 5.23. The Labute approximate surface area is 117 Å². The van der Waals surface area contributed by atoms with Crippen molar-refractivity contribution in [1.29, 1.82) is 0 Å². The van der Waals surface area contributed by atoms with Crippen molar-refractivity contribution >= 4 is 0 Å². The summed E-state index contributed by atoms with van der Waals surface area (Å²) in [6.07, 6.45) is 3.18. The first kappa shape index (κ1) is 15.2. The number of hydrogen-bond acceptors (Lipinski definition) is 4. The predicted octanol–water partition coefficient (Wildman–Crippen LogP) is 1.64. The lowest BCUT2D eigenvalue weighted by atomic mass is 10.0. The van der Waals surface area contributed by atoms with Gasteiger partial charge in [0.15, 0.2) is 0 Å². The van der Waals surface area contributed by atoms with Crippen LogP contribution in [0.5, 0.6) is 0 Å². The monoisotopic (exact) mass is 270 g/mol. The van der Waals surface area contributed by atoms with Gasteiger partial charge in [0.25, 0.3) is 0 Å². The molecule has 0 aromatic carbocycles. The van der Waals surface area contributed by atoms with Gasteiger partial charge in [-0.3, -0.25) is 4.90 Å². The Morgan fingerprint density at radius 3 is 2.68 bits per heavy atom. The second kappa shape index (κ2) is 6.53. The molecular formula is C15H30N2O2. The number of nitrogens with one attached hydrogen (secondary N) is 1. The van der Waals surface area contributed by atoms with Crippen molar-refractivity contribution in [2.24, 2.45) is 0 Å². The molecule has 2 atom stereocenters. The molecule has 2 rings (SSSR count). The zero-order valence-electron chi connectivity index (χ0n) is 12.9. The van der Waals surface area contributed by atoms with E-state index in [1.54, 1.807) is 0 Å². The van der Waals surface area contributed by atoms with Crippen molar-refractivity contribution in [1.82, 2.24) is 10.2 Å². The van der Waals surface area contributed by atoms with Crippen LogP contribution in [0.15, 0.2) is 0 Å². The lowest BCUT2D eigenvalue weighted by molar-refractivity contribution is -0.0748. The molecule has 112 valence electrons. The maximum Gasteiger partial charge on any atom is 0.0707 e. The molecule has 4 heteroatoms. The first-order valence-electron chi connectivity index (χ1n) is 7.69. The van der Waals surface area contributed by atoms with Gasteiger partial charge >= 0.3 is 0 Å². The fourth-order valence-corrected chi connectivity index (χ4v) is 2.91. The van der Waals surface area contributed by atoms with Gasteiger partial charge in [0.05, 0.1) is 25.4 Å². The van der Waals surface area contributed by atoms with E-state index in [1.807, 2.05) is 0 Å². The standard InChI is InChI=1S/C15H30N2O2/c1-12(2)16-9-13-5-6-14(19-13)10-17-7-8-18-11-15(17,3)4/h12-14,16H,5-11H2,1-4H3. The van der Waals surface area contributed by atoms with Crippen molar-refractivity contribution in [3.05, 3.63) is 0 Å². The number of hydrogen-bond donors (Lipinski definition) is 1.